The fraction of sp³-hybridized carbons (Fsp3) is 0.200. The topological polar surface area (TPSA) is 101 Å². The third-order valence-electron chi connectivity index (χ3n) is 1.97. The van der Waals surface area contributed by atoms with Crippen molar-refractivity contribution in [3.8, 4) is 0 Å². The molecule has 0 bridgehead atoms. The fourth-order valence-corrected chi connectivity index (χ4v) is 1.23. The number of carboxylic acids is 1. The van der Waals surface area contributed by atoms with Gasteiger partial charge in [0.05, 0.1) is 12.0 Å². The van der Waals surface area contributed by atoms with Crippen molar-refractivity contribution in [1.29, 1.82) is 0 Å². The summed E-state index contributed by atoms with van der Waals surface area (Å²) in [5.41, 5.74) is 2.04. The minimum absolute atomic E-state index is 0.0938. The summed E-state index contributed by atoms with van der Waals surface area (Å²) < 4.78 is 0. The average Bonchev–Trinajstić information content (AvgIpc) is 2.29. The second-order valence-electron chi connectivity index (χ2n) is 3.15. The van der Waals surface area contributed by atoms with Crippen molar-refractivity contribution < 1.29 is 19.9 Å². The van der Waals surface area contributed by atoms with Gasteiger partial charge < -0.3 is 15.2 Å². The predicted octanol–water partition coefficient (Wildman–Crippen LogP) is -0.964. The largest absolute Gasteiger partial charge is 0.548 e. The van der Waals surface area contributed by atoms with E-state index in [-0.39, 0.29) is 6.42 Å². The van der Waals surface area contributed by atoms with Crippen molar-refractivity contribution in [2.24, 2.45) is 0 Å². The van der Waals surface area contributed by atoms with E-state index in [9.17, 15) is 14.7 Å². The standard InChI is InChI=1S/C10H12N2O4/c13-9(14)8(11-10(15)12-16)6-7-4-2-1-3-5-7/h1-5,8,16H,6H2,(H,13,14)(H2,11,12,15)/p-1. The summed E-state index contributed by atoms with van der Waals surface area (Å²) in [5.74, 6) is -1.41. The number of amides is 2. The lowest BCUT2D eigenvalue weighted by Crippen LogP contribution is -2.51. The molecular formula is C10H11N2O4-. The third kappa shape index (κ3) is 3.58. The average molecular weight is 223 g/mol. The molecule has 0 fully saturated rings. The van der Waals surface area contributed by atoms with Gasteiger partial charge in [0.25, 0.3) is 0 Å². The molecule has 6 nitrogen and oxygen atoms in total. The number of benzene rings is 1. The molecule has 0 aliphatic rings. The minimum Gasteiger partial charge on any atom is -0.548 e. The molecule has 0 saturated carbocycles. The van der Waals surface area contributed by atoms with E-state index >= 15 is 0 Å². The van der Waals surface area contributed by atoms with Crippen LogP contribution in [0.1, 0.15) is 5.56 Å². The molecule has 0 heterocycles. The highest BCUT2D eigenvalue weighted by Gasteiger charge is 2.13. The monoisotopic (exact) mass is 223 g/mol. The Labute approximate surface area is 91.9 Å². The molecule has 16 heavy (non-hydrogen) atoms. The van der Waals surface area contributed by atoms with Crippen LogP contribution in [0.2, 0.25) is 0 Å². The zero-order valence-electron chi connectivity index (χ0n) is 8.34. The highest BCUT2D eigenvalue weighted by atomic mass is 16.5. The molecule has 0 aliphatic heterocycles. The first-order valence-electron chi connectivity index (χ1n) is 4.59. The summed E-state index contributed by atoms with van der Waals surface area (Å²) in [6, 6.07) is 6.61. The molecule has 0 aliphatic carbocycles. The number of aliphatic carboxylic acids is 1. The van der Waals surface area contributed by atoms with E-state index in [1.165, 1.54) is 5.48 Å². The first kappa shape index (κ1) is 12.0. The maximum atomic E-state index is 10.8. The predicted molar refractivity (Wildman–Crippen MR) is 52.4 cm³/mol. The fourth-order valence-electron chi connectivity index (χ4n) is 1.23. The Bertz CT molecular complexity index is 366. The molecule has 6 heteroatoms. The highest BCUT2D eigenvalue weighted by Crippen LogP contribution is 2.02. The van der Waals surface area contributed by atoms with Gasteiger partial charge in [-0.15, -0.1) is 0 Å². The van der Waals surface area contributed by atoms with E-state index in [0.29, 0.717) is 0 Å². The second-order valence-corrected chi connectivity index (χ2v) is 3.15. The maximum Gasteiger partial charge on any atom is 0.339 e. The number of hydrogen-bond acceptors (Lipinski definition) is 4. The van der Waals surface area contributed by atoms with Gasteiger partial charge in [0.15, 0.2) is 0 Å². The quantitative estimate of drug-likeness (QED) is 0.451. The summed E-state index contributed by atoms with van der Waals surface area (Å²) in [4.78, 5) is 21.5. The van der Waals surface area contributed by atoms with Crippen LogP contribution in [-0.4, -0.2) is 23.2 Å². The van der Waals surface area contributed by atoms with Crippen molar-refractivity contribution in [3.63, 3.8) is 0 Å². The van der Waals surface area contributed by atoms with Crippen LogP contribution in [0, 0.1) is 0 Å². The normalized spacial score (nSPS) is 11.6. The SMILES string of the molecule is O=C(NO)NC(Cc1ccccc1)C(=O)[O-]. The smallest absolute Gasteiger partial charge is 0.339 e. The van der Waals surface area contributed by atoms with Crippen LogP contribution in [0.15, 0.2) is 30.3 Å². The van der Waals surface area contributed by atoms with Crippen LogP contribution in [0.3, 0.4) is 0 Å². The van der Waals surface area contributed by atoms with Crippen LogP contribution < -0.4 is 15.9 Å². The van der Waals surface area contributed by atoms with Crippen molar-refractivity contribution in [2.75, 3.05) is 0 Å². The summed E-state index contributed by atoms with van der Waals surface area (Å²) in [6.45, 7) is 0. The van der Waals surface area contributed by atoms with E-state index < -0.39 is 18.0 Å². The van der Waals surface area contributed by atoms with E-state index in [1.54, 1.807) is 30.3 Å². The molecular weight excluding hydrogens is 212 g/mol. The number of carboxylic acid groups (broad SMARTS) is 1. The van der Waals surface area contributed by atoms with Gasteiger partial charge in [0.1, 0.15) is 0 Å². The Hall–Kier alpha value is -2.08. The van der Waals surface area contributed by atoms with Gasteiger partial charge in [-0.05, 0) is 12.0 Å². The number of hydroxylamine groups is 1. The van der Waals surface area contributed by atoms with E-state index in [0.717, 1.165) is 5.56 Å². The number of urea groups is 1. The zero-order chi connectivity index (χ0) is 12.0. The van der Waals surface area contributed by atoms with Crippen molar-refractivity contribution in [2.45, 2.75) is 12.5 Å². The van der Waals surface area contributed by atoms with Gasteiger partial charge >= 0.3 is 6.03 Å². The maximum absolute atomic E-state index is 10.8. The van der Waals surface area contributed by atoms with Crippen LogP contribution in [0.5, 0.6) is 0 Å². The Morgan fingerprint density at radius 3 is 2.44 bits per heavy atom. The Morgan fingerprint density at radius 2 is 1.94 bits per heavy atom. The molecule has 0 radical (unpaired) electrons. The zero-order valence-corrected chi connectivity index (χ0v) is 8.34. The molecule has 0 saturated heterocycles. The van der Waals surface area contributed by atoms with Crippen molar-refractivity contribution in [3.05, 3.63) is 35.9 Å². The molecule has 1 aromatic carbocycles. The van der Waals surface area contributed by atoms with Gasteiger partial charge in [0.2, 0.25) is 0 Å². The molecule has 86 valence electrons. The Morgan fingerprint density at radius 1 is 1.31 bits per heavy atom. The molecule has 1 atom stereocenters. The molecule has 2 amide bonds. The molecule has 0 spiro atoms. The lowest BCUT2D eigenvalue weighted by atomic mass is 10.1. The Kier molecular flexibility index (Phi) is 4.28. The first-order valence-corrected chi connectivity index (χ1v) is 4.59. The molecule has 3 N–H and O–H groups in total. The third-order valence-corrected chi connectivity index (χ3v) is 1.97. The van der Waals surface area contributed by atoms with Crippen LogP contribution in [0.4, 0.5) is 4.79 Å². The van der Waals surface area contributed by atoms with Gasteiger partial charge in [-0.1, -0.05) is 30.3 Å². The van der Waals surface area contributed by atoms with Crippen molar-refractivity contribution in [1.82, 2.24) is 10.8 Å². The van der Waals surface area contributed by atoms with Crippen LogP contribution >= 0.6 is 0 Å². The van der Waals surface area contributed by atoms with Crippen LogP contribution in [0.25, 0.3) is 0 Å². The molecule has 1 unspecified atom stereocenters. The second kappa shape index (κ2) is 5.72. The molecule has 1 aromatic rings. The minimum atomic E-state index is -1.41. The van der Waals surface area contributed by atoms with E-state index in [2.05, 4.69) is 5.32 Å². The van der Waals surface area contributed by atoms with Crippen molar-refractivity contribution >= 4 is 12.0 Å². The highest BCUT2D eigenvalue weighted by molar-refractivity contribution is 5.81. The van der Waals surface area contributed by atoms with Gasteiger partial charge in [-0.3, -0.25) is 5.21 Å². The number of nitrogens with one attached hydrogen (secondary N) is 2. The number of hydrogen-bond donors (Lipinski definition) is 3. The summed E-state index contributed by atoms with van der Waals surface area (Å²) >= 11 is 0. The number of carbonyl (C=O) groups is 2. The van der Waals surface area contributed by atoms with E-state index in [1.807, 2.05) is 0 Å². The van der Waals surface area contributed by atoms with E-state index in [4.69, 9.17) is 5.21 Å². The molecule has 1 rings (SSSR count). The first-order chi connectivity index (χ1) is 7.63. The summed E-state index contributed by atoms with van der Waals surface area (Å²) in [5, 5.41) is 21.0. The van der Waals surface area contributed by atoms with Gasteiger partial charge in [-0.2, -0.15) is 0 Å². The lowest BCUT2D eigenvalue weighted by Gasteiger charge is -2.19. The van der Waals surface area contributed by atoms with Gasteiger partial charge in [-0.25, -0.2) is 10.3 Å². The van der Waals surface area contributed by atoms with Crippen LogP contribution in [-0.2, 0) is 11.2 Å². The summed E-state index contributed by atoms with van der Waals surface area (Å²) in [6.07, 6.45) is 0.0938. The number of rotatable bonds is 4. The lowest BCUT2D eigenvalue weighted by molar-refractivity contribution is -0.308. The van der Waals surface area contributed by atoms with Gasteiger partial charge in [0, 0.05) is 0 Å². The number of carbonyl (C=O) groups excluding carboxylic acids is 2. The summed E-state index contributed by atoms with van der Waals surface area (Å²) in [7, 11) is 0. The Balaban J connectivity index is 2.65. The molecule has 0 aromatic heterocycles.